The van der Waals surface area contributed by atoms with Crippen LogP contribution in [0.15, 0.2) is 41.4 Å². The summed E-state index contributed by atoms with van der Waals surface area (Å²) in [5, 5.41) is 3.62. The van der Waals surface area contributed by atoms with E-state index in [0.29, 0.717) is 5.92 Å². The molecule has 2 aliphatic rings. The van der Waals surface area contributed by atoms with Gasteiger partial charge >= 0.3 is 0 Å². The molecule has 1 aromatic carbocycles. The van der Waals surface area contributed by atoms with E-state index in [1.165, 1.54) is 38.3 Å². The molecule has 7 heteroatoms. The van der Waals surface area contributed by atoms with Crippen LogP contribution in [-0.2, 0) is 0 Å². The number of hydrogen-bond acceptors (Lipinski definition) is 4. The van der Waals surface area contributed by atoms with Crippen molar-refractivity contribution < 1.29 is 0 Å². The maximum absolute atomic E-state index is 4.55. The molecule has 31 heavy (non-hydrogen) atoms. The maximum atomic E-state index is 4.55. The van der Waals surface area contributed by atoms with Crippen molar-refractivity contribution in [2.24, 2.45) is 10.9 Å². The zero-order valence-corrected chi connectivity index (χ0v) is 21.9. The fraction of sp³-hybridized carbons (Fsp3) is 0.625. The summed E-state index contributed by atoms with van der Waals surface area (Å²) in [5.41, 5.74) is 1.27. The van der Waals surface area contributed by atoms with Crippen LogP contribution in [-0.4, -0.2) is 112 Å². The van der Waals surface area contributed by atoms with Crippen LogP contribution in [0.2, 0.25) is 0 Å². The molecule has 3 rings (SSSR count). The lowest BCUT2D eigenvalue weighted by Gasteiger charge is -2.37. The third-order valence-corrected chi connectivity index (χ3v) is 6.13. The van der Waals surface area contributed by atoms with E-state index in [9.17, 15) is 0 Å². The summed E-state index contributed by atoms with van der Waals surface area (Å²) in [5.74, 6) is 1.68. The summed E-state index contributed by atoms with van der Waals surface area (Å²) in [4.78, 5) is 14.5. The Labute approximate surface area is 206 Å². The number of hydrogen-bond donors (Lipinski definition) is 1. The summed E-state index contributed by atoms with van der Waals surface area (Å²) in [6.07, 6.45) is 4.49. The Kier molecular flexibility index (Phi) is 11.9. The van der Waals surface area contributed by atoms with Crippen molar-refractivity contribution in [1.29, 1.82) is 0 Å². The number of nitrogens with one attached hydrogen (secondary N) is 1. The van der Waals surface area contributed by atoms with Crippen molar-refractivity contribution in [3.63, 3.8) is 0 Å². The van der Waals surface area contributed by atoms with Gasteiger partial charge in [-0.25, -0.2) is 0 Å². The van der Waals surface area contributed by atoms with Crippen LogP contribution >= 0.6 is 24.0 Å². The molecule has 2 saturated heterocycles. The lowest BCUT2D eigenvalue weighted by Crippen LogP contribution is -2.53. The Morgan fingerprint density at radius 1 is 1.00 bits per heavy atom. The summed E-state index contributed by atoms with van der Waals surface area (Å²) in [6, 6.07) is 10.5. The quantitative estimate of drug-likeness (QED) is 0.327. The molecule has 2 fully saturated rings. The average Bonchev–Trinajstić information content (AvgIpc) is 2.77. The zero-order valence-electron chi connectivity index (χ0n) is 19.5. The molecule has 0 amide bonds. The molecule has 0 aliphatic carbocycles. The second kappa shape index (κ2) is 14.1. The van der Waals surface area contributed by atoms with Crippen molar-refractivity contribution in [2.45, 2.75) is 6.92 Å². The number of likely N-dealkylation sites (N-methyl/N-ethyl adjacent to an activating group) is 1. The Morgan fingerprint density at radius 2 is 1.65 bits per heavy atom. The van der Waals surface area contributed by atoms with Crippen molar-refractivity contribution in [1.82, 2.24) is 24.9 Å². The van der Waals surface area contributed by atoms with Gasteiger partial charge in [0.1, 0.15) is 0 Å². The molecule has 2 heterocycles. The zero-order chi connectivity index (χ0) is 21.2. The van der Waals surface area contributed by atoms with Gasteiger partial charge < -0.3 is 20.0 Å². The summed E-state index contributed by atoms with van der Waals surface area (Å²) in [7, 11) is 4.12. The minimum atomic E-state index is 0. The van der Waals surface area contributed by atoms with E-state index >= 15 is 0 Å². The topological polar surface area (TPSA) is 37.4 Å². The second-order valence-corrected chi connectivity index (χ2v) is 8.74. The van der Waals surface area contributed by atoms with E-state index in [0.717, 1.165) is 45.2 Å². The first-order valence-electron chi connectivity index (χ1n) is 11.4. The molecule has 2 aliphatic heterocycles. The molecule has 0 saturated carbocycles. The fourth-order valence-electron chi connectivity index (χ4n) is 4.18. The molecule has 0 bridgehead atoms. The summed E-state index contributed by atoms with van der Waals surface area (Å²) < 4.78 is 0. The van der Waals surface area contributed by atoms with Gasteiger partial charge in [-0.2, -0.15) is 0 Å². The Hall–Kier alpha value is -1.16. The van der Waals surface area contributed by atoms with Gasteiger partial charge in [0.2, 0.25) is 0 Å². The number of halogens is 1. The van der Waals surface area contributed by atoms with Gasteiger partial charge in [-0.15, -0.1) is 24.0 Å². The largest absolute Gasteiger partial charge is 0.356 e. The number of aliphatic imine (C=N–C) groups is 1. The van der Waals surface area contributed by atoms with E-state index in [4.69, 9.17) is 0 Å². The normalized spacial score (nSPS) is 20.6. The highest BCUT2D eigenvalue weighted by Crippen LogP contribution is 2.07. The molecule has 1 atom stereocenters. The van der Waals surface area contributed by atoms with E-state index in [-0.39, 0.29) is 24.0 Å². The number of nitrogens with zero attached hydrogens (tertiary/aromatic N) is 5. The first-order chi connectivity index (χ1) is 14.6. The molecule has 6 nitrogen and oxygen atoms in total. The van der Waals surface area contributed by atoms with Gasteiger partial charge in [-0.05, 0) is 18.5 Å². The standard InChI is InChI=1S/C24H40N6.HI/c1-22(21-29-14-12-27(3)13-15-29)20-26-24(25-2)30-18-16-28(17-19-30)11-7-10-23-8-5-4-6-9-23;/h4-10,22H,11-21H2,1-3H3,(H,25,26);1H/b10-7+;. The van der Waals surface area contributed by atoms with E-state index in [1.54, 1.807) is 0 Å². The molecule has 1 aromatic rings. The number of guanidine groups is 1. The lowest BCUT2D eigenvalue weighted by atomic mass is 10.1. The first-order valence-corrected chi connectivity index (χ1v) is 11.4. The number of piperazine rings is 2. The number of rotatable bonds is 7. The molecule has 0 radical (unpaired) electrons. The smallest absolute Gasteiger partial charge is 0.193 e. The highest BCUT2D eigenvalue weighted by molar-refractivity contribution is 14.0. The Bertz CT molecular complexity index is 664. The monoisotopic (exact) mass is 540 g/mol. The van der Waals surface area contributed by atoms with Crippen LogP contribution in [0.25, 0.3) is 6.08 Å². The Balaban J connectivity index is 0.00000341. The van der Waals surface area contributed by atoms with Gasteiger partial charge in [-0.3, -0.25) is 9.89 Å². The van der Waals surface area contributed by atoms with Gasteiger partial charge in [0.25, 0.3) is 0 Å². The van der Waals surface area contributed by atoms with Crippen LogP contribution in [0.4, 0.5) is 0 Å². The lowest BCUT2D eigenvalue weighted by molar-refractivity contribution is 0.139. The predicted molar refractivity (Wildman–Crippen MR) is 143 cm³/mol. The Morgan fingerprint density at radius 3 is 2.29 bits per heavy atom. The maximum Gasteiger partial charge on any atom is 0.193 e. The molecule has 0 aromatic heterocycles. The highest BCUT2D eigenvalue weighted by atomic mass is 127. The van der Waals surface area contributed by atoms with Crippen LogP contribution < -0.4 is 5.32 Å². The van der Waals surface area contributed by atoms with E-state index in [2.05, 4.69) is 86.4 Å². The van der Waals surface area contributed by atoms with Gasteiger partial charge in [0, 0.05) is 79.0 Å². The summed E-state index contributed by atoms with van der Waals surface area (Å²) >= 11 is 0. The molecule has 174 valence electrons. The van der Waals surface area contributed by atoms with Crippen LogP contribution in [0, 0.1) is 5.92 Å². The number of benzene rings is 1. The van der Waals surface area contributed by atoms with Gasteiger partial charge in [0.05, 0.1) is 0 Å². The van der Waals surface area contributed by atoms with Crippen LogP contribution in [0.1, 0.15) is 12.5 Å². The molecular formula is C24H41IN6. The van der Waals surface area contributed by atoms with Crippen molar-refractivity contribution in [3.8, 4) is 0 Å². The van der Waals surface area contributed by atoms with Crippen molar-refractivity contribution in [3.05, 3.63) is 42.0 Å². The van der Waals surface area contributed by atoms with Crippen LogP contribution in [0.5, 0.6) is 0 Å². The third-order valence-electron chi connectivity index (χ3n) is 6.13. The van der Waals surface area contributed by atoms with Crippen LogP contribution in [0.3, 0.4) is 0 Å². The molecule has 1 unspecified atom stereocenters. The van der Waals surface area contributed by atoms with E-state index in [1.807, 2.05) is 7.05 Å². The average molecular weight is 541 g/mol. The van der Waals surface area contributed by atoms with Gasteiger partial charge in [-0.1, -0.05) is 49.4 Å². The van der Waals surface area contributed by atoms with Crippen molar-refractivity contribution >= 4 is 36.0 Å². The molecule has 0 spiro atoms. The fourth-order valence-corrected chi connectivity index (χ4v) is 4.18. The van der Waals surface area contributed by atoms with Crippen molar-refractivity contribution in [2.75, 3.05) is 86.1 Å². The van der Waals surface area contributed by atoms with Gasteiger partial charge in [0.15, 0.2) is 5.96 Å². The highest BCUT2D eigenvalue weighted by Gasteiger charge is 2.20. The third kappa shape index (κ3) is 9.08. The molecule has 1 N–H and O–H groups in total. The first kappa shape index (κ1) is 26.1. The predicted octanol–water partition coefficient (Wildman–Crippen LogP) is 2.39. The second-order valence-electron chi connectivity index (χ2n) is 8.74. The summed E-state index contributed by atoms with van der Waals surface area (Å²) in [6.45, 7) is 14.5. The van der Waals surface area contributed by atoms with E-state index < -0.39 is 0 Å². The molecular weight excluding hydrogens is 499 g/mol. The SMILES string of the molecule is CN=C(NCC(C)CN1CCN(C)CC1)N1CCN(C/C=C/c2ccccc2)CC1.I. The minimum Gasteiger partial charge on any atom is -0.356 e. The minimum absolute atomic E-state index is 0.